The first-order chi connectivity index (χ1) is 9.07. The number of carbonyl (C=O) groups is 2. The monoisotopic (exact) mass is 264 g/mol. The Morgan fingerprint density at radius 3 is 2.37 bits per heavy atom. The lowest BCUT2D eigenvalue weighted by Crippen LogP contribution is -2.71. The van der Waals surface area contributed by atoms with Crippen molar-refractivity contribution in [3.8, 4) is 0 Å². The van der Waals surface area contributed by atoms with E-state index in [0.717, 1.165) is 25.7 Å². The standard InChI is InChI=1S/C15H24N2O2/c1-3-15(2)14(19)17(11-6-4-5-7-11)12(10-8-9-10)13(18)16-15/h10-12H,3-9H2,1-2H3,(H,16,18). The molecular weight excluding hydrogens is 240 g/mol. The third-order valence-corrected chi connectivity index (χ3v) is 5.17. The maximum Gasteiger partial charge on any atom is 0.248 e. The molecule has 1 saturated heterocycles. The molecule has 2 unspecified atom stereocenters. The van der Waals surface area contributed by atoms with E-state index in [1.54, 1.807) is 0 Å². The third-order valence-electron chi connectivity index (χ3n) is 5.17. The minimum absolute atomic E-state index is 0.0818. The molecule has 2 atom stereocenters. The molecule has 4 nitrogen and oxygen atoms in total. The summed E-state index contributed by atoms with van der Waals surface area (Å²) in [4.78, 5) is 27.3. The van der Waals surface area contributed by atoms with Gasteiger partial charge in [0, 0.05) is 6.04 Å². The molecular formula is C15H24N2O2. The molecule has 0 spiro atoms. The van der Waals surface area contributed by atoms with E-state index in [-0.39, 0.29) is 17.9 Å². The Hall–Kier alpha value is -1.06. The summed E-state index contributed by atoms with van der Waals surface area (Å²) < 4.78 is 0. The Morgan fingerprint density at radius 2 is 1.84 bits per heavy atom. The lowest BCUT2D eigenvalue weighted by molar-refractivity contribution is -0.158. The van der Waals surface area contributed by atoms with Gasteiger partial charge in [-0.2, -0.15) is 0 Å². The van der Waals surface area contributed by atoms with Crippen LogP contribution < -0.4 is 5.32 Å². The molecule has 4 heteroatoms. The van der Waals surface area contributed by atoms with Gasteiger partial charge in [-0.15, -0.1) is 0 Å². The Kier molecular flexibility index (Phi) is 3.06. The van der Waals surface area contributed by atoms with Gasteiger partial charge in [-0.25, -0.2) is 0 Å². The predicted octanol–water partition coefficient (Wildman–Crippen LogP) is 1.83. The quantitative estimate of drug-likeness (QED) is 0.845. The second-order valence-electron chi connectivity index (χ2n) is 6.61. The average molecular weight is 264 g/mol. The summed E-state index contributed by atoms with van der Waals surface area (Å²) >= 11 is 0. The summed E-state index contributed by atoms with van der Waals surface area (Å²) in [5, 5.41) is 2.99. The zero-order valence-corrected chi connectivity index (χ0v) is 11.9. The number of amides is 2. The molecule has 3 rings (SSSR count). The fourth-order valence-corrected chi connectivity index (χ4v) is 3.61. The van der Waals surface area contributed by atoms with Gasteiger partial charge in [0.1, 0.15) is 11.6 Å². The van der Waals surface area contributed by atoms with Gasteiger partial charge in [0.15, 0.2) is 0 Å². The number of rotatable bonds is 3. The van der Waals surface area contributed by atoms with Crippen molar-refractivity contribution in [3.63, 3.8) is 0 Å². The van der Waals surface area contributed by atoms with Gasteiger partial charge in [0.05, 0.1) is 0 Å². The van der Waals surface area contributed by atoms with Crippen LogP contribution in [0.2, 0.25) is 0 Å². The van der Waals surface area contributed by atoms with E-state index < -0.39 is 5.54 Å². The molecule has 2 aliphatic carbocycles. The molecule has 2 amide bonds. The first-order valence-electron chi connectivity index (χ1n) is 7.71. The van der Waals surface area contributed by atoms with Gasteiger partial charge >= 0.3 is 0 Å². The molecule has 0 aromatic carbocycles. The van der Waals surface area contributed by atoms with Crippen LogP contribution in [0, 0.1) is 5.92 Å². The highest BCUT2D eigenvalue weighted by atomic mass is 16.2. The zero-order valence-electron chi connectivity index (χ0n) is 11.9. The largest absolute Gasteiger partial charge is 0.340 e. The van der Waals surface area contributed by atoms with Crippen LogP contribution in [0.4, 0.5) is 0 Å². The summed E-state index contributed by atoms with van der Waals surface area (Å²) in [6.07, 6.45) is 7.38. The topological polar surface area (TPSA) is 49.4 Å². The van der Waals surface area contributed by atoms with Crippen molar-refractivity contribution in [1.82, 2.24) is 10.2 Å². The van der Waals surface area contributed by atoms with Crippen LogP contribution in [-0.2, 0) is 9.59 Å². The van der Waals surface area contributed by atoms with Crippen molar-refractivity contribution in [2.45, 2.75) is 76.4 Å². The van der Waals surface area contributed by atoms with Crippen molar-refractivity contribution < 1.29 is 9.59 Å². The number of hydrogen-bond acceptors (Lipinski definition) is 2. The van der Waals surface area contributed by atoms with Crippen LogP contribution in [0.15, 0.2) is 0 Å². The molecule has 106 valence electrons. The highest BCUT2D eigenvalue weighted by Gasteiger charge is 2.53. The predicted molar refractivity (Wildman–Crippen MR) is 72.5 cm³/mol. The summed E-state index contributed by atoms with van der Waals surface area (Å²) in [5.74, 6) is 0.641. The van der Waals surface area contributed by atoms with E-state index in [0.29, 0.717) is 18.4 Å². The third kappa shape index (κ3) is 2.05. The maximum atomic E-state index is 12.9. The SMILES string of the molecule is CCC1(C)NC(=O)C(C2CC2)N(C2CCCC2)C1=O. The van der Waals surface area contributed by atoms with E-state index in [1.165, 1.54) is 12.8 Å². The molecule has 1 aliphatic heterocycles. The van der Waals surface area contributed by atoms with Gasteiger partial charge < -0.3 is 10.2 Å². The molecule has 1 heterocycles. The second-order valence-corrected chi connectivity index (χ2v) is 6.61. The van der Waals surface area contributed by atoms with Gasteiger partial charge in [0.25, 0.3) is 0 Å². The average Bonchev–Trinajstić information content (AvgIpc) is 3.08. The van der Waals surface area contributed by atoms with Crippen LogP contribution in [0.3, 0.4) is 0 Å². The Bertz CT molecular complexity index is 399. The molecule has 2 saturated carbocycles. The van der Waals surface area contributed by atoms with Gasteiger partial charge in [-0.3, -0.25) is 9.59 Å². The summed E-state index contributed by atoms with van der Waals surface area (Å²) in [6.45, 7) is 3.85. The van der Waals surface area contributed by atoms with Crippen molar-refractivity contribution in [1.29, 1.82) is 0 Å². The van der Waals surface area contributed by atoms with E-state index in [4.69, 9.17) is 0 Å². The first-order valence-corrected chi connectivity index (χ1v) is 7.71. The molecule has 0 bridgehead atoms. The van der Waals surface area contributed by atoms with E-state index in [1.807, 2.05) is 18.7 Å². The molecule has 0 aromatic rings. The first kappa shape index (κ1) is 12.9. The highest BCUT2D eigenvalue weighted by molar-refractivity contribution is 6.00. The lowest BCUT2D eigenvalue weighted by atomic mass is 9.89. The van der Waals surface area contributed by atoms with Crippen LogP contribution in [0.25, 0.3) is 0 Å². The zero-order chi connectivity index (χ0) is 13.6. The molecule has 3 fully saturated rings. The summed E-state index contributed by atoms with van der Waals surface area (Å²) in [5.41, 5.74) is -0.689. The van der Waals surface area contributed by atoms with Gasteiger partial charge in [-0.1, -0.05) is 19.8 Å². The normalized spacial score (nSPS) is 36.7. The Labute approximate surface area is 114 Å². The van der Waals surface area contributed by atoms with E-state index >= 15 is 0 Å². The van der Waals surface area contributed by atoms with Crippen molar-refractivity contribution in [2.24, 2.45) is 5.92 Å². The molecule has 1 N–H and O–H groups in total. The smallest absolute Gasteiger partial charge is 0.248 e. The molecule has 19 heavy (non-hydrogen) atoms. The van der Waals surface area contributed by atoms with Crippen molar-refractivity contribution >= 4 is 11.8 Å². The number of nitrogens with one attached hydrogen (secondary N) is 1. The van der Waals surface area contributed by atoms with Crippen LogP contribution >= 0.6 is 0 Å². The minimum Gasteiger partial charge on any atom is -0.340 e. The summed E-state index contributed by atoms with van der Waals surface area (Å²) in [7, 11) is 0. The highest BCUT2D eigenvalue weighted by Crippen LogP contribution is 2.41. The van der Waals surface area contributed by atoms with Crippen LogP contribution in [0.1, 0.15) is 58.8 Å². The number of nitrogens with zero attached hydrogens (tertiary/aromatic N) is 1. The van der Waals surface area contributed by atoms with Gasteiger partial charge in [-0.05, 0) is 44.9 Å². The van der Waals surface area contributed by atoms with Crippen molar-refractivity contribution in [3.05, 3.63) is 0 Å². The number of piperazine rings is 1. The minimum atomic E-state index is -0.689. The fourth-order valence-electron chi connectivity index (χ4n) is 3.61. The van der Waals surface area contributed by atoms with Crippen molar-refractivity contribution in [2.75, 3.05) is 0 Å². The fraction of sp³-hybridized carbons (Fsp3) is 0.867. The molecule has 3 aliphatic rings. The number of carbonyl (C=O) groups excluding carboxylic acids is 2. The van der Waals surface area contributed by atoms with Crippen LogP contribution in [0.5, 0.6) is 0 Å². The Morgan fingerprint density at radius 1 is 1.21 bits per heavy atom. The molecule has 0 radical (unpaired) electrons. The summed E-state index contributed by atoms with van der Waals surface area (Å²) in [6, 6.07) is 0.116. The second kappa shape index (κ2) is 4.50. The van der Waals surface area contributed by atoms with E-state index in [2.05, 4.69) is 5.32 Å². The Balaban J connectivity index is 1.92. The van der Waals surface area contributed by atoms with Gasteiger partial charge in [0.2, 0.25) is 11.8 Å². The van der Waals surface area contributed by atoms with Crippen LogP contribution in [-0.4, -0.2) is 34.3 Å². The van der Waals surface area contributed by atoms with E-state index in [9.17, 15) is 9.59 Å². The maximum absolute atomic E-state index is 12.9. The lowest BCUT2D eigenvalue weighted by Gasteiger charge is -2.47. The molecule has 0 aromatic heterocycles. The number of hydrogen-bond donors (Lipinski definition) is 1.